The van der Waals surface area contributed by atoms with Gasteiger partial charge in [0.1, 0.15) is 5.01 Å². The molecule has 0 fully saturated rings. The van der Waals surface area contributed by atoms with Crippen molar-refractivity contribution in [1.82, 2.24) is 15.3 Å². The molecule has 2 aromatic heterocycles. The van der Waals surface area contributed by atoms with E-state index in [9.17, 15) is 0 Å². The average molecular weight is 283 g/mol. The molecule has 1 atom stereocenters. The van der Waals surface area contributed by atoms with E-state index in [1.165, 1.54) is 4.88 Å². The van der Waals surface area contributed by atoms with E-state index in [-0.39, 0.29) is 0 Å². The predicted molar refractivity (Wildman–Crippen MR) is 84.9 cm³/mol. The van der Waals surface area contributed by atoms with Gasteiger partial charge in [0.05, 0.1) is 11.2 Å². The first-order chi connectivity index (χ1) is 9.78. The van der Waals surface area contributed by atoms with Crippen LogP contribution < -0.4 is 5.32 Å². The zero-order valence-corrected chi connectivity index (χ0v) is 12.4. The highest BCUT2D eigenvalue weighted by Gasteiger charge is 2.11. The number of benzene rings is 1. The van der Waals surface area contributed by atoms with Crippen LogP contribution in [-0.2, 0) is 0 Å². The van der Waals surface area contributed by atoms with Crippen molar-refractivity contribution in [3.8, 4) is 10.7 Å². The summed E-state index contributed by atoms with van der Waals surface area (Å²) in [5, 5.41) is 5.55. The molecule has 4 heteroatoms. The molecular formula is C16H17N3S. The highest BCUT2D eigenvalue weighted by atomic mass is 32.1. The van der Waals surface area contributed by atoms with Gasteiger partial charge in [-0.1, -0.05) is 31.2 Å². The number of pyridine rings is 1. The second-order valence-electron chi connectivity index (χ2n) is 4.74. The molecule has 1 N–H and O–H groups in total. The van der Waals surface area contributed by atoms with Crippen LogP contribution in [0.25, 0.3) is 21.6 Å². The maximum absolute atomic E-state index is 4.69. The van der Waals surface area contributed by atoms with E-state index < -0.39 is 0 Å². The Bertz CT molecular complexity index is 720. The number of nitrogens with zero attached hydrogens (tertiary/aromatic N) is 2. The van der Waals surface area contributed by atoms with Gasteiger partial charge in [-0.15, -0.1) is 11.3 Å². The SMILES string of the molecule is CCNC(C)c1cnc(-c2ccc3ccccc3n2)s1. The lowest BCUT2D eigenvalue weighted by molar-refractivity contribution is 0.606. The smallest absolute Gasteiger partial charge is 0.142 e. The van der Waals surface area contributed by atoms with Crippen LogP contribution in [0.15, 0.2) is 42.6 Å². The van der Waals surface area contributed by atoms with E-state index in [0.717, 1.165) is 28.1 Å². The number of hydrogen-bond donors (Lipinski definition) is 1. The standard InChI is InChI=1S/C16H17N3S/c1-3-17-11(2)15-10-18-16(20-15)14-9-8-12-6-4-5-7-13(12)19-14/h4-11,17H,3H2,1-2H3. The van der Waals surface area contributed by atoms with Gasteiger partial charge >= 0.3 is 0 Å². The van der Waals surface area contributed by atoms with Crippen molar-refractivity contribution in [2.75, 3.05) is 6.54 Å². The second-order valence-corrected chi connectivity index (χ2v) is 5.80. The van der Waals surface area contributed by atoms with Crippen LogP contribution in [0, 0.1) is 0 Å². The number of nitrogens with one attached hydrogen (secondary N) is 1. The number of fused-ring (bicyclic) bond motifs is 1. The van der Waals surface area contributed by atoms with Crippen LogP contribution in [-0.4, -0.2) is 16.5 Å². The fourth-order valence-corrected chi connectivity index (χ4v) is 3.11. The van der Waals surface area contributed by atoms with E-state index in [4.69, 9.17) is 4.98 Å². The summed E-state index contributed by atoms with van der Waals surface area (Å²) in [6.07, 6.45) is 1.95. The monoisotopic (exact) mass is 283 g/mol. The van der Waals surface area contributed by atoms with Crippen molar-refractivity contribution in [1.29, 1.82) is 0 Å². The number of aromatic nitrogens is 2. The van der Waals surface area contributed by atoms with E-state index in [0.29, 0.717) is 6.04 Å². The van der Waals surface area contributed by atoms with Gasteiger partial charge in [0.15, 0.2) is 0 Å². The molecule has 0 saturated carbocycles. The zero-order valence-electron chi connectivity index (χ0n) is 11.6. The van der Waals surface area contributed by atoms with Gasteiger partial charge in [0.25, 0.3) is 0 Å². The molecule has 3 aromatic rings. The summed E-state index contributed by atoms with van der Waals surface area (Å²) in [4.78, 5) is 10.5. The summed E-state index contributed by atoms with van der Waals surface area (Å²) >= 11 is 1.71. The molecule has 0 radical (unpaired) electrons. The third kappa shape index (κ3) is 2.57. The number of rotatable bonds is 4. The molecule has 0 bridgehead atoms. The largest absolute Gasteiger partial charge is 0.310 e. The minimum absolute atomic E-state index is 0.340. The minimum atomic E-state index is 0.340. The molecule has 3 nitrogen and oxygen atoms in total. The van der Waals surface area contributed by atoms with Crippen molar-refractivity contribution in [3.05, 3.63) is 47.5 Å². The Morgan fingerprint density at radius 1 is 1.20 bits per heavy atom. The summed E-state index contributed by atoms with van der Waals surface area (Å²) in [6, 6.07) is 12.6. The lowest BCUT2D eigenvalue weighted by atomic mass is 10.2. The molecule has 2 heterocycles. The third-order valence-corrected chi connectivity index (χ3v) is 4.48. The van der Waals surface area contributed by atoms with Crippen molar-refractivity contribution in [2.45, 2.75) is 19.9 Å². The maximum atomic E-state index is 4.69. The van der Waals surface area contributed by atoms with Crippen molar-refractivity contribution < 1.29 is 0 Å². The van der Waals surface area contributed by atoms with Gasteiger partial charge in [0.2, 0.25) is 0 Å². The topological polar surface area (TPSA) is 37.8 Å². The summed E-state index contributed by atoms with van der Waals surface area (Å²) < 4.78 is 0. The van der Waals surface area contributed by atoms with Crippen LogP contribution in [0.5, 0.6) is 0 Å². The summed E-state index contributed by atoms with van der Waals surface area (Å²) in [6.45, 7) is 5.24. The van der Waals surface area contributed by atoms with E-state index in [1.54, 1.807) is 11.3 Å². The van der Waals surface area contributed by atoms with E-state index >= 15 is 0 Å². The Kier molecular flexibility index (Phi) is 3.76. The summed E-state index contributed by atoms with van der Waals surface area (Å²) in [7, 11) is 0. The average Bonchev–Trinajstić information content (AvgIpc) is 2.97. The molecule has 0 amide bonds. The third-order valence-electron chi connectivity index (χ3n) is 3.28. The molecule has 20 heavy (non-hydrogen) atoms. The fraction of sp³-hybridized carbons (Fsp3) is 0.250. The Morgan fingerprint density at radius 2 is 2.05 bits per heavy atom. The first kappa shape index (κ1) is 13.2. The van der Waals surface area contributed by atoms with Crippen LogP contribution in [0.2, 0.25) is 0 Å². The Labute approximate surface area is 122 Å². The Balaban J connectivity index is 1.94. The molecule has 102 valence electrons. The number of hydrogen-bond acceptors (Lipinski definition) is 4. The molecule has 1 unspecified atom stereocenters. The quantitative estimate of drug-likeness (QED) is 0.785. The Morgan fingerprint density at radius 3 is 2.90 bits per heavy atom. The van der Waals surface area contributed by atoms with Crippen LogP contribution in [0.4, 0.5) is 0 Å². The number of thiazole rings is 1. The van der Waals surface area contributed by atoms with E-state index in [1.807, 2.05) is 30.5 Å². The van der Waals surface area contributed by atoms with Gasteiger partial charge in [-0.05, 0) is 25.6 Å². The van der Waals surface area contributed by atoms with Gasteiger partial charge in [-0.25, -0.2) is 9.97 Å². The van der Waals surface area contributed by atoms with Gasteiger partial charge in [-0.3, -0.25) is 0 Å². The predicted octanol–water partition coefficient (Wildman–Crippen LogP) is 4.03. The highest BCUT2D eigenvalue weighted by Crippen LogP contribution is 2.28. The fourth-order valence-electron chi connectivity index (χ4n) is 2.20. The summed E-state index contributed by atoms with van der Waals surface area (Å²) in [5.41, 5.74) is 1.96. The second kappa shape index (κ2) is 5.69. The molecule has 1 aromatic carbocycles. The lowest BCUT2D eigenvalue weighted by Crippen LogP contribution is -2.16. The zero-order chi connectivity index (χ0) is 13.9. The molecule has 0 aliphatic carbocycles. The molecule has 0 aliphatic rings. The van der Waals surface area contributed by atoms with Crippen molar-refractivity contribution >= 4 is 22.2 Å². The van der Waals surface area contributed by atoms with Crippen molar-refractivity contribution in [2.24, 2.45) is 0 Å². The first-order valence-corrected chi connectivity index (χ1v) is 7.65. The molecule has 0 saturated heterocycles. The maximum Gasteiger partial charge on any atom is 0.142 e. The van der Waals surface area contributed by atoms with E-state index in [2.05, 4.69) is 36.3 Å². The molecular weight excluding hydrogens is 266 g/mol. The van der Waals surface area contributed by atoms with Crippen LogP contribution in [0.3, 0.4) is 0 Å². The van der Waals surface area contributed by atoms with Gasteiger partial charge in [0, 0.05) is 22.5 Å². The normalized spacial score (nSPS) is 12.7. The highest BCUT2D eigenvalue weighted by molar-refractivity contribution is 7.15. The molecule has 3 rings (SSSR count). The van der Waals surface area contributed by atoms with Crippen LogP contribution >= 0.6 is 11.3 Å². The summed E-state index contributed by atoms with van der Waals surface area (Å²) in [5.74, 6) is 0. The van der Waals surface area contributed by atoms with Crippen molar-refractivity contribution in [3.63, 3.8) is 0 Å². The number of para-hydroxylation sites is 1. The van der Waals surface area contributed by atoms with Gasteiger partial charge in [-0.2, -0.15) is 0 Å². The van der Waals surface area contributed by atoms with Gasteiger partial charge < -0.3 is 5.32 Å². The molecule has 0 aliphatic heterocycles. The first-order valence-electron chi connectivity index (χ1n) is 6.83. The molecule has 0 spiro atoms. The lowest BCUT2D eigenvalue weighted by Gasteiger charge is -2.08. The minimum Gasteiger partial charge on any atom is -0.310 e. The Hall–Kier alpha value is -1.78. The van der Waals surface area contributed by atoms with Crippen LogP contribution in [0.1, 0.15) is 24.8 Å².